The quantitative estimate of drug-likeness (QED) is 0.818. The fraction of sp³-hybridized carbons (Fsp3) is 0.533. The molecule has 2 nitrogen and oxygen atoms in total. The lowest BCUT2D eigenvalue weighted by Gasteiger charge is -2.28. The molecule has 0 aliphatic heterocycles. The average molecular weight is 300 g/mol. The lowest BCUT2D eigenvalue weighted by molar-refractivity contribution is -0.121. The van der Waals surface area contributed by atoms with Crippen molar-refractivity contribution >= 4 is 29.3 Å². The van der Waals surface area contributed by atoms with Gasteiger partial charge in [0.2, 0.25) is 5.91 Å². The van der Waals surface area contributed by atoms with Gasteiger partial charge in [-0.15, -0.1) is 11.8 Å². The van der Waals surface area contributed by atoms with Gasteiger partial charge in [0.05, 0.1) is 5.02 Å². The van der Waals surface area contributed by atoms with Gasteiger partial charge in [-0.2, -0.15) is 0 Å². The topological polar surface area (TPSA) is 29.1 Å². The Labute approximate surface area is 125 Å². The third-order valence-corrected chi connectivity index (χ3v) is 4.62. The zero-order valence-corrected chi connectivity index (χ0v) is 13.6. The highest BCUT2D eigenvalue weighted by molar-refractivity contribution is 7.99. The van der Waals surface area contributed by atoms with Crippen molar-refractivity contribution in [3.05, 3.63) is 29.3 Å². The van der Waals surface area contributed by atoms with E-state index >= 15 is 0 Å². The minimum Gasteiger partial charge on any atom is -0.353 e. The van der Waals surface area contributed by atoms with E-state index in [-0.39, 0.29) is 17.4 Å². The molecule has 1 rings (SSSR count). The fourth-order valence-electron chi connectivity index (χ4n) is 1.35. The number of carbonyl (C=O) groups excluding carboxylic acids is 1. The van der Waals surface area contributed by atoms with Crippen molar-refractivity contribution in [1.82, 2.24) is 5.32 Å². The molecule has 0 aliphatic rings. The summed E-state index contributed by atoms with van der Waals surface area (Å²) in [7, 11) is 0. The van der Waals surface area contributed by atoms with Crippen LogP contribution in [0.25, 0.3) is 0 Å². The highest BCUT2D eigenvalue weighted by Gasteiger charge is 2.21. The second kappa shape index (κ2) is 7.20. The second-order valence-corrected chi connectivity index (χ2v) is 7.23. The predicted molar refractivity (Wildman–Crippen MR) is 83.9 cm³/mol. The number of carbonyl (C=O) groups is 1. The van der Waals surface area contributed by atoms with Crippen molar-refractivity contribution in [2.75, 3.05) is 5.75 Å². The van der Waals surface area contributed by atoms with E-state index in [1.165, 1.54) is 0 Å². The first-order valence-corrected chi connectivity index (χ1v) is 7.84. The van der Waals surface area contributed by atoms with Crippen molar-refractivity contribution in [1.29, 1.82) is 0 Å². The molecule has 1 unspecified atom stereocenters. The smallest absolute Gasteiger partial charge is 0.221 e. The lowest BCUT2D eigenvalue weighted by Crippen LogP contribution is -2.41. The monoisotopic (exact) mass is 299 g/mol. The van der Waals surface area contributed by atoms with E-state index < -0.39 is 0 Å². The number of benzene rings is 1. The molecule has 0 spiro atoms. The number of hydrogen-bond donors (Lipinski definition) is 1. The minimum atomic E-state index is 0.0888. The van der Waals surface area contributed by atoms with E-state index in [0.29, 0.717) is 6.42 Å². The molecule has 0 saturated carbocycles. The fourth-order valence-corrected chi connectivity index (χ4v) is 2.53. The number of amides is 1. The molecule has 106 valence electrons. The van der Waals surface area contributed by atoms with Crippen LogP contribution in [0.1, 0.15) is 34.1 Å². The normalized spacial score (nSPS) is 13.1. The summed E-state index contributed by atoms with van der Waals surface area (Å²) in [4.78, 5) is 12.8. The molecule has 1 N–H and O–H groups in total. The second-order valence-electron chi connectivity index (χ2n) is 5.68. The summed E-state index contributed by atoms with van der Waals surface area (Å²) in [5.41, 5.74) is 0.0888. The van der Waals surface area contributed by atoms with Crippen molar-refractivity contribution < 1.29 is 4.79 Å². The SMILES string of the molecule is CC(NC(=O)CCSc1ccccc1Cl)C(C)(C)C. The van der Waals surface area contributed by atoms with Crippen LogP contribution in [0.4, 0.5) is 0 Å². The molecule has 4 heteroatoms. The Hall–Kier alpha value is -0.670. The summed E-state index contributed by atoms with van der Waals surface area (Å²) in [6.07, 6.45) is 0.510. The van der Waals surface area contributed by atoms with Gasteiger partial charge >= 0.3 is 0 Å². The van der Waals surface area contributed by atoms with Crippen LogP contribution in [0.2, 0.25) is 5.02 Å². The van der Waals surface area contributed by atoms with Crippen molar-refractivity contribution in [3.8, 4) is 0 Å². The van der Waals surface area contributed by atoms with Crippen LogP contribution in [0.3, 0.4) is 0 Å². The summed E-state index contributed by atoms with van der Waals surface area (Å²) < 4.78 is 0. The molecular formula is C15H22ClNOS. The average Bonchev–Trinajstić information content (AvgIpc) is 2.30. The van der Waals surface area contributed by atoms with Gasteiger partial charge in [0.15, 0.2) is 0 Å². The highest BCUT2D eigenvalue weighted by Crippen LogP contribution is 2.27. The van der Waals surface area contributed by atoms with Crippen LogP contribution in [0, 0.1) is 5.41 Å². The first-order valence-electron chi connectivity index (χ1n) is 6.47. The Morgan fingerprint density at radius 2 is 2.00 bits per heavy atom. The van der Waals surface area contributed by atoms with Gasteiger partial charge in [0.25, 0.3) is 0 Å². The Morgan fingerprint density at radius 3 is 2.58 bits per heavy atom. The molecule has 19 heavy (non-hydrogen) atoms. The summed E-state index contributed by atoms with van der Waals surface area (Å²) >= 11 is 7.68. The molecule has 0 fully saturated rings. The van der Waals surface area contributed by atoms with Crippen LogP contribution in [-0.2, 0) is 4.79 Å². The Balaban J connectivity index is 2.34. The predicted octanol–water partition coefficient (Wildman–Crippen LogP) is 4.37. The molecule has 0 aromatic heterocycles. The maximum absolute atomic E-state index is 11.8. The molecule has 0 radical (unpaired) electrons. The van der Waals surface area contributed by atoms with Crippen LogP contribution in [0.5, 0.6) is 0 Å². The van der Waals surface area contributed by atoms with E-state index in [1.807, 2.05) is 31.2 Å². The number of halogens is 1. The maximum atomic E-state index is 11.8. The Bertz CT molecular complexity index is 428. The van der Waals surface area contributed by atoms with E-state index in [9.17, 15) is 4.79 Å². The summed E-state index contributed by atoms with van der Waals surface area (Å²) in [6.45, 7) is 8.41. The molecule has 0 aliphatic carbocycles. The van der Waals surface area contributed by atoms with Gasteiger partial charge in [-0.25, -0.2) is 0 Å². The van der Waals surface area contributed by atoms with E-state index in [2.05, 4.69) is 26.1 Å². The zero-order chi connectivity index (χ0) is 14.5. The van der Waals surface area contributed by atoms with Crippen LogP contribution in [0.15, 0.2) is 29.2 Å². The molecule has 0 heterocycles. The van der Waals surface area contributed by atoms with Crippen LogP contribution < -0.4 is 5.32 Å². The van der Waals surface area contributed by atoms with Gasteiger partial charge in [-0.3, -0.25) is 4.79 Å². The molecule has 0 saturated heterocycles. The summed E-state index contributed by atoms with van der Waals surface area (Å²) in [5, 5.41) is 3.78. The molecular weight excluding hydrogens is 278 g/mol. The van der Waals surface area contributed by atoms with Crippen LogP contribution >= 0.6 is 23.4 Å². The summed E-state index contributed by atoms with van der Waals surface area (Å²) in [5.74, 6) is 0.842. The number of thioether (sulfide) groups is 1. The number of nitrogens with one attached hydrogen (secondary N) is 1. The number of rotatable bonds is 5. The minimum absolute atomic E-state index is 0.0888. The summed E-state index contributed by atoms with van der Waals surface area (Å²) in [6, 6.07) is 7.87. The maximum Gasteiger partial charge on any atom is 0.221 e. The van der Waals surface area contributed by atoms with E-state index in [4.69, 9.17) is 11.6 Å². The van der Waals surface area contributed by atoms with Gasteiger partial charge in [-0.05, 0) is 24.5 Å². The Morgan fingerprint density at radius 1 is 1.37 bits per heavy atom. The number of hydrogen-bond acceptors (Lipinski definition) is 2. The van der Waals surface area contributed by atoms with E-state index in [0.717, 1.165) is 15.7 Å². The largest absolute Gasteiger partial charge is 0.353 e. The van der Waals surface area contributed by atoms with Crippen LogP contribution in [-0.4, -0.2) is 17.7 Å². The van der Waals surface area contributed by atoms with Gasteiger partial charge in [-0.1, -0.05) is 44.5 Å². The molecule has 0 bridgehead atoms. The first kappa shape index (κ1) is 16.4. The lowest BCUT2D eigenvalue weighted by atomic mass is 9.88. The van der Waals surface area contributed by atoms with Crippen molar-refractivity contribution in [3.63, 3.8) is 0 Å². The molecule has 1 atom stereocenters. The van der Waals surface area contributed by atoms with Crippen molar-refractivity contribution in [2.45, 2.75) is 45.1 Å². The van der Waals surface area contributed by atoms with Gasteiger partial charge in [0, 0.05) is 23.1 Å². The molecule has 1 aromatic rings. The Kier molecular flexibility index (Phi) is 6.21. The third-order valence-electron chi connectivity index (χ3n) is 3.10. The first-order chi connectivity index (χ1) is 8.80. The highest BCUT2D eigenvalue weighted by atomic mass is 35.5. The van der Waals surface area contributed by atoms with Crippen molar-refractivity contribution in [2.24, 2.45) is 5.41 Å². The van der Waals surface area contributed by atoms with Gasteiger partial charge < -0.3 is 5.32 Å². The third kappa shape index (κ3) is 5.87. The molecule has 1 aromatic carbocycles. The van der Waals surface area contributed by atoms with Gasteiger partial charge in [0.1, 0.15) is 0 Å². The molecule has 1 amide bonds. The van der Waals surface area contributed by atoms with E-state index in [1.54, 1.807) is 11.8 Å². The zero-order valence-electron chi connectivity index (χ0n) is 12.0. The standard InChI is InChI=1S/C15H22ClNOS/c1-11(15(2,3)4)17-14(18)9-10-19-13-8-6-5-7-12(13)16/h5-8,11H,9-10H2,1-4H3,(H,17,18).